The van der Waals surface area contributed by atoms with E-state index in [9.17, 15) is 9.90 Å². The Balaban J connectivity index is 1.09. The maximum Gasteiger partial charge on any atom is 0.335 e. The highest BCUT2D eigenvalue weighted by atomic mass is 16.9. The molecule has 44 heavy (non-hydrogen) atoms. The summed E-state index contributed by atoms with van der Waals surface area (Å²) < 4.78 is 35.7. The van der Waals surface area contributed by atoms with Crippen molar-refractivity contribution < 1.29 is 33.2 Å². The molecule has 2 aliphatic heterocycles. The van der Waals surface area contributed by atoms with Gasteiger partial charge in [-0.1, -0.05) is 30.6 Å². The second kappa shape index (κ2) is 11.2. The van der Waals surface area contributed by atoms with Gasteiger partial charge in [0.25, 0.3) is 6.48 Å². The number of ether oxygens (including phenoxy) is 5. The lowest BCUT2D eigenvalue weighted by molar-refractivity contribution is -0.276. The van der Waals surface area contributed by atoms with Crippen LogP contribution in [0.5, 0.6) is 0 Å². The maximum absolute atomic E-state index is 12.5. The molecule has 3 heterocycles. The number of aliphatic hydroxyl groups is 1. The van der Waals surface area contributed by atoms with Crippen LogP contribution in [0.25, 0.3) is 10.4 Å². The fourth-order valence-corrected chi connectivity index (χ4v) is 10.2. The summed E-state index contributed by atoms with van der Waals surface area (Å²) in [5.41, 5.74) is 10.2. The number of allylic oxidation sites excluding steroid dienone is 1. The minimum Gasteiger partial charge on any atom is -0.431 e. The van der Waals surface area contributed by atoms with Gasteiger partial charge in [-0.25, -0.2) is 4.79 Å². The van der Waals surface area contributed by atoms with Gasteiger partial charge in [0, 0.05) is 23.0 Å². The van der Waals surface area contributed by atoms with Crippen molar-refractivity contribution in [2.24, 2.45) is 27.8 Å². The first-order valence-electron chi connectivity index (χ1n) is 16.4. The van der Waals surface area contributed by atoms with Crippen LogP contribution in [0, 0.1) is 22.7 Å². The van der Waals surface area contributed by atoms with E-state index in [4.69, 9.17) is 33.6 Å². The zero-order chi connectivity index (χ0) is 30.9. The van der Waals surface area contributed by atoms with E-state index in [2.05, 4.69) is 29.9 Å². The van der Waals surface area contributed by atoms with Gasteiger partial charge in [0.05, 0.1) is 30.1 Å². The summed E-state index contributed by atoms with van der Waals surface area (Å²) in [6, 6.07) is 2.85. The van der Waals surface area contributed by atoms with Crippen LogP contribution in [0.4, 0.5) is 0 Å². The van der Waals surface area contributed by atoms with E-state index in [-0.39, 0.29) is 34.4 Å². The van der Waals surface area contributed by atoms with Crippen LogP contribution >= 0.6 is 0 Å². The lowest BCUT2D eigenvalue weighted by atomic mass is 9.45. The van der Waals surface area contributed by atoms with E-state index in [0.29, 0.717) is 12.5 Å². The van der Waals surface area contributed by atoms with E-state index in [0.717, 1.165) is 56.9 Å². The quantitative estimate of drug-likeness (QED) is 0.186. The average Bonchev–Trinajstić information content (AvgIpc) is 3.54. The summed E-state index contributed by atoms with van der Waals surface area (Å²) in [4.78, 5) is 14.6. The zero-order valence-corrected chi connectivity index (χ0v) is 26.1. The van der Waals surface area contributed by atoms with Gasteiger partial charge in [-0.3, -0.25) is 0 Å². The van der Waals surface area contributed by atoms with E-state index >= 15 is 0 Å². The Bertz CT molecular complexity index is 1370. The number of azide groups is 1. The van der Waals surface area contributed by atoms with E-state index in [1.165, 1.54) is 11.6 Å². The predicted octanol–water partition coefficient (Wildman–Crippen LogP) is 5.71. The van der Waals surface area contributed by atoms with Gasteiger partial charge in [-0.2, -0.15) is 0 Å². The van der Waals surface area contributed by atoms with Crippen molar-refractivity contribution >= 4 is 0 Å². The Morgan fingerprint density at radius 2 is 1.89 bits per heavy atom. The van der Waals surface area contributed by atoms with Gasteiger partial charge >= 0.3 is 5.63 Å². The van der Waals surface area contributed by atoms with Crippen molar-refractivity contribution in [1.82, 2.24) is 0 Å². The van der Waals surface area contributed by atoms with Crippen LogP contribution in [-0.2, 0) is 23.7 Å². The molecule has 4 unspecified atom stereocenters. The summed E-state index contributed by atoms with van der Waals surface area (Å²) in [6.07, 6.45) is 8.97. The van der Waals surface area contributed by atoms with Crippen molar-refractivity contribution in [2.75, 3.05) is 6.61 Å². The Hall–Kier alpha value is -2.24. The molecule has 2 saturated heterocycles. The van der Waals surface area contributed by atoms with Gasteiger partial charge in [0.2, 0.25) is 0 Å². The van der Waals surface area contributed by atoms with Crippen LogP contribution < -0.4 is 5.63 Å². The van der Waals surface area contributed by atoms with Crippen LogP contribution in [0.1, 0.15) is 90.5 Å². The molecule has 1 aromatic rings. The number of hydrogen-bond donors (Lipinski definition) is 1. The Labute approximate surface area is 257 Å². The molecule has 4 aliphatic carbocycles. The molecule has 11 nitrogen and oxygen atoms in total. The molecule has 0 radical (unpaired) electrons. The normalized spacial score (nSPS) is 47.9. The second-order valence-electron chi connectivity index (χ2n) is 14.3. The third-order valence-electron chi connectivity index (χ3n) is 12.5. The molecule has 240 valence electrons. The van der Waals surface area contributed by atoms with Crippen molar-refractivity contribution in [1.29, 1.82) is 0 Å². The van der Waals surface area contributed by atoms with Crippen LogP contribution in [-0.4, -0.2) is 60.5 Å². The van der Waals surface area contributed by atoms with Crippen molar-refractivity contribution in [3.05, 3.63) is 56.5 Å². The number of rotatable bonds is 6. The first-order valence-corrected chi connectivity index (χ1v) is 16.4. The highest BCUT2D eigenvalue weighted by Gasteiger charge is 2.67. The maximum atomic E-state index is 12.5. The number of hydrogen-bond acceptors (Lipinski definition) is 9. The minimum absolute atomic E-state index is 0.000346. The summed E-state index contributed by atoms with van der Waals surface area (Å²) in [7, 11) is 0. The molecule has 13 atom stereocenters. The number of nitrogens with zero attached hydrogens (tertiary/aromatic N) is 3. The Morgan fingerprint density at radius 3 is 2.64 bits per heavy atom. The first-order chi connectivity index (χ1) is 21.1. The van der Waals surface area contributed by atoms with Crippen LogP contribution in [0.2, 0.25) is 0 Å². The highest BCUT2D eigenvalue weighted by Crippen LogP contribution is 2.70. The van der Waals surface area contributed by atoms with Gasteiger partial charge < -0.3 is 33.2 Å². The molecule has 0 aromatic carbocycles. The topological polar surface area (TPSA) is 145 Å². The molecule has 0 spiro atoms. The molecule has 11 heteroatoms. The van der Waals surface area contributed by atoms with E-state index in [1.54, 1.807) is 6.26 Å². The van der Waals surface area contributed by atoms with Crippen LogP contribution in [0.15, 0.2) is 44.4 Å². The molecule has 7 rings (SSSR count). The fraction of sp³-hybridized carbons (Fsp3) is 0.788. The lowest BCUT2D eigenvalue weighted by Crippen LogP contribution is -2.60. The van der Waals surface area contributed by atoms with Gasteiger partial charge in [-0.15, -0.1) is 0 Å². The minimum atomic E-state index is -0.854. The van der Waals surface area contributed by atoms with E-state index < -0.39 is 42.7 Å². The Kier molecular flexibility index (Phi) is 7.76. The number of fused-ring (bicyclic) bond motifs is 6. The molecule has 0 amide bonds. The third-order valence-corrected chi connectivity index (χ3v) is 12.5. The summed E-state index contributed by atoms with van der Waals surface area (Å²) >= 11 is 0. The van der Waals surface area contributed by atoms with Crippen LogP contribution in [0.3, 0.4) is 0 Å². The monoisotopic (exact) mass is 611 g/mol. The zero-order valence-electron chi connectivity index (χ0n) is 26.1. The SMILES string of the molecule is CCOC1OC2[C@@H](N=[N+]=[N-])[C@H](C)O[C@@H](O[C@@H]3C=C4CCC5C(CC[C@]6(C)[C@@H](c7ccc(=O)oc7)CC[C@]56O)[C@@]4(C)CC3)[C@@H]2O1. The summed E-state index contributed by atoms with van der Waals surface area (Å²) in [5.74, 6) is 0.797. The summed E-state index contributed by atoms with van der Waals surface area (Å²) in [6.45, 7) is 7.97. The van der Waals surface area contributed by atoms with Gasteiger partial charge in [0.15, 0.2) is 6.29 Å². The molecule has 5 fully saturated rings. The molecule has 1 aromatic heterocycles. The van der Waals surface area contributed by atoms with Gasteiger partial charge in [-0.05, 0) is 106 Å². The summed E-state index contributed by atoms with van der Waals surface area (Å²) in [5, 5.41) is 16.5. The molecular weight excluding hydrogens is 566 g/mol. The van der Waals surface area contributed by atoms with Crippen molar-refractivity contribution in [2.45, 2.75) is 134 Å². The van der Waals surface area contributed by atoms with Gasteiger partial charge in [0.1, 0.15) is 12.2 Å². The lowest BCUT2D eigenvalue weighted by Gasteiger charge is -2.62. The average molecular weight is 612 g/mol. The largest absolute Gasteiger partial charge is 0.431 e. The fourth-order valence-electron chi connectivity index (χ4n) is 10.2. The third kappa shape index (κ3) is 4.62. The van der Waals surface area contributed by atoms with Crippen molar-refractivity contribution in [3.63, 3.8) is 0 Å². The molecule has 1 N–H and O–H groups in total. The molecular formula is C33H45N3O8. The molecule has 6 aliphatic rings. The highest BCUT2D eigenvalue weighted by molar-refractivity contribution is 5.31. The molecule has 3 saturated carbocycles. The predicted molar refractivity (Wildman–Crippen MR) is 158 cm³/mol. The second-order valence-corrected chi connectivity index (χ2v) is 14.3. The van der Waals surface area contributed by atoms with E-state index in [1.807, 2.05) is 19.9 Å². The standard InChI is InChI=1S/C33H45N3O8/c1-5-39-30-43-27-26(35-36-34)18(2)41-29(28(27)44-30)42-21-10-13-31(3)20(16-21)7-8-24-23(31)11-14-32(4)22(12-15-33(24,32)38)19-6-9-25(37)40-17-19/h6,9,16-18,21-24,26-30,38H,5,7-8,10-15H2,1-4H3/t18-,21-,22+,23?,24?,26-,27?,28+,29-,30?,31-,32+,33-/m0/s1. The van der Waals surface area contributed by atoms with Crippen molar-refractivity contribution in [3.8, 4) is 0 Å². The molecule has 0 bridgehead atoms. The smallest absolute Gasteiger partial charge is 0.335 e. The Morgan fingerprint density at radius 1 is 1.07 bits per heavy atom. The first kappa shape index (κ1) is 30.4.